The van der Waals surface area contributed by atoms with E-state index in [4.69, 9.17) is 0 Å². The third-order valence-corrected chi connectivity index (χ3v) is 8.48. The minimum Gasteiger partial charge on any atom is -0.306 e. The maximum Gasteiger partial charge on any atom is 0.345 e. The van der Waals surface area contributed by atoms with Crippen molar-refractivity contribution >= 4 is 103 Å². The number of hydrogen-bond acceptors (Lipinski definition) is 6. The van der Waals surface area contributed by atoms with Gasteiger partial charge in [-0.15, -0.1) is 11.3 Å². The number of thiazole rings is 1. The van der Waals surface area contributed by atoms with Crippen molar-refractivity contribution in [1.29, 1.82) is 0 Å². The molecule has 0 spiro atoms. The van der Waals surface area contributed by atoms with Crippen LogP contribution >= 0.6 is 56.5 Å². The Labute approximate surface area is 262 Å². The Morgan fingerprint density at radius 3 is 2.25 bits per heavy atom. The number of aromatic nitrogens is 2. The number of carbonyl (C=O) groups excluding carboxylic acids is 2. The summed E-state index contributed by atoms with van der Waals surface area (Å²) in [6.07, 6.45) is 5.89. The lowest BCUT2D eigenvalue weighted by Gasteiger charge is -2.33. The van der Waals surface area contributed by atoms with Crippen molar-refractivity contribution in [1.82, 2.24) is 9.97 Å². The van der Waals surface area contributed by atoms with Crippen LogP contribution in [0, 0.1) is 14.1 Å². The monoisotopic (exact) mass is 772 g/mol. The second-order valence-electron chi connectivity index (χ2n) is 8.46. The molecule has 1 N–H and O–H groups in total. The third kappa shape index (κ3) is 5.95. The van der Waals surface area contributed by atoms with Crippen LogP contribution in [0.3, 0.4) is 0 Å². The predicted molar refractivity (Wildman–Crippen MR) is 178 cm³/mol. The second-order valence-corrected chi connectivity index (χ2v) is 11.7. The van der Waals surface area contributed by atoms with Crippen LogP contribution in [0.2, 0.25) is 0 Å². The molecular formula is C29H22I2N6O2S. The van der Waals surface area contributed by atoms with Crippen LogP contribution in [0.5, 0.6) is 0 Å². The Bertz CT molecular complexity index is 1640. The lowest BCUT2D eigenvalue weighted by atomic mass is 10.1. The van der Waals surface area contributed by atoms with Gasteiger partial charge in [0.15, 0.2) is 5.13 Å². The van der Waals surface area contributed by atoms with E-state index in [1.807, 2.05) is 83.9 Å². The highest BCUT2D eigenvalue weighted by Gasteiger charge is 2.27. The van der Waals surface area contributed by atoms with Gasteiger partial charge in [-0.3, -0.25) is 14.7 Å². The molecule has 5 rings (SSSR count). The molecule has 2 aromatic heterocycles. The number of carbonyl (C=O) groups is 2. The minimum atomic E-state index is -0.493. The van der Waals surface area contributed by atoms with Crippen LogP contribution in [-0.2, 0) is 4.79 Å². The van der Waals surface area contributed by atoms with Gasteiger partial charge in [-0.25, -0.2) is 14.8 Å². The Morgan fingerprint density at radius 1 is 0.900 bits per heavy atom. The number of anilines is 6. The van der Waals surface area contributed by atoms with E-state index >= 15 is 0 Å². The van der Waals surface area contributed by atoms with E-state index in [0.717, 1.165) is 29.2 Å². The van der Waals surface area contributed by atoms with Crippen LogP contribution in [0.15, 0.2) is 103 Å². The molecule has 5 aromatic rings. The van der Waals surface area contributed by atoms with Crippen molar-refractivity contribution in [2.24, 2.45) is 0 Å². The number of hydrogen-bond donors (Lipinski definition) is 1. The highest BCUT2D eigenvalue weighted by molar-refractivity contribution is 14.1. The molecule has 0 bridgehead atoms. The number of benzene rings is 3. The smallest absolute Gasteiger partial charge is 0.306 e. The summed E-state index contributed by atoms with van der Waals surface area (Å²) in [4.78, 5) is 37.3. The van der Waals surface area contributed by atoms with Crippen molar-refractivity contribution in [3.8, 4) is 0 Å². The first-order valence-corrected chi connectivity index (χ1v) is 15.1. The molecule has 11 heteroatoms. The zero-order valence-corrected chi connectivity index (χ0v) is 26.2. The first-order chi connectivity index (χ1) is 19.5. The first-order valence-electron chi connectivity index (χ1n) is 12.0. The summed E-state index contributed by atoms with van der Waals surface area (Å²) in [5.74, 6) is 0. The zero-order valence-electron chi connectivity index (χ0n) is 21.1. The maximum absolute atomic E-state index is 14.0. The lowest BCUT2D eigenvalue weighted by molar-refractivity contribution is -0.107. The molecule has 8 nitrogen and oxygen atoms in total. The molecule has 3 aromatic carbocycles. The molecule has 200 valence electrons. The van der Waals surface area contributed by atoms with Crippen LogP contribution in [0.25, 0.3) is 0 Å². The van der Waals surface area contributed by atoms with Crippen LogP contribution in [-0.4, -0.2) is 22.4 Å². The highest BCUT2D eigenvalue weighted by Crippen LogP contribution is 2.38. The Morgan fingerprint density at radius 2 is 1.62 bits per heavy atom. The fourth-order valence-electron chi connectivity index (χ4n) is 4.07. The van der Waals surface area contributed by atoms with Crippen molar-refractivity contribution in [3.05, 3.63) is 116 Å². The molecule has 0 fully saturated rings. The van der Waals surface area contributed by atoms with E-state index < -0.39 is 6.03 Å². The summed E-state index contributed by atoms with van der Waals surface area (Å²) in [6, 6.07) is 23.8. The minimum absolute atomic E-state index is 0.493. The maximum atomic E-state index is 14.0. The van der Waals surface area contributed by atoms with Crippen LogP contribution < -0.4 is 20.2 Å². The van der Waals surface area contributed by atoms with Gasteiger partial charge in [-0.2, -0.15) is 5.01 Å². The van der Waals surface area contributed by atoms with E-state index in [9.17, 15) is 9.59 Å². The van der Waals surface area contributed by atoms with Crippen LogP contribution in [0.4, 0.5) is 38.4 Å². The molecule has 0 aliphatic rings. The lowest BCUT2D eigenvalue weighted by Crippen LogP contribution is -2.49. The number of urea groups is 1. The van der Waals surface area contributed by atoms with Gasteiger partial charge in [0.05, 0.1) is 28.9 Å². The summed E-state index contributed by atoms with van der Waals surface area (Å²) in [6.45, 7) is 2.00. The van der Waals surface area contributed by atoms with Gasteiger partial charge in [0, 0.05) is 30.6 Å². The molecule has 0 unspecified atom stereocenters. The van der Waals surface area contributed by atoms with E-state index in [1.54, 1.807) is 30.7 Å². The zero-order chi connectivity index (χ0) is 28.1. The van der Waals surface area contributed by atoms with Crippen LogP contribution in [0.1, 0.15) is 5.56 Å². The quantitative estimate of drug-likeness (QED) is 0.0979. The second kappa shape index (κ2) is 12.7. The predicted octanol–water partition coefficient (Wildman–Crippen LogP) is 8.14. The van der Waals surface area contributed by atoms with Crippen molar-refractivity contribution in [2.45, 2.75) is 6.92 Å². The highest BCUT2D eigenvalue weighted by atomic mass is 127. The molecule has 0 aliphatic heterocycles. The van der Waals surface area contributed by atoms with E-state index in [2.05, 4.69) is 60.5 Å². The number of para-hydroxylation sites is 2. The summed E-state index contributed by atoms with van der Waals surface area (Å²) in [7, 11) is 0. The molecule has 0 atom stereocenters. The number of amides is 3. The molecule has 0 radical (unpaired) electrons. The molecule has 0 aliphatic carbocycles. The van der Waals surface area contributed by atoms with E-state index in [0.29, 0.717) is 23.5 Å². The van der Waals surface area contributed by atoms with Gasteiger partial charge in [-0.1, -0.05) is 30.3 Å². The number of pyridine rings is 1. The normalized spacial score (nSPS) is 10.6. The average Bonchev–Trinajstić information content (AvgIpc) is 3.50. The number of nitrogens with zero attached hydrogens (tertiary/aromatic N) is 5. The fourth-order valence-corrected chi connectivity index (χ4v) is 5.99. The SMILES string of the molecule is Cc1ccc(NC(=O)N(c2ccccc2I)N(C=O)c2ccccc2I)cc1N(c1cccnc1)c1nccs1. The number of hydrazine groups is 1. The van der Waals surface area contributed by atoms with Gasteiger partial charge in [0.1, 0.15) is 0 Å². The van der Waals surface area contributed by atoms with Crippen molar-refractivity contribution in [3.63, 3.8) is 0 Å². The fraction of sp³-hybridized carbons (Fsp3) is 0.0345. The van der Waals surface area contributed by atoms with Gasteiger partial charge in [0.25, 0.3) is 0 Å². The van der Waals surface area contributed by atoms with Crippen molar-refractivity contribution in [2.75, 3.05) is 20.2 Å². The van der Waals surface area contributed by atoms with E-state index in [-0.39, 0.29) is 0 Å². The van der Waals surface area contributed by atoms with Gasteiger partial charge >= 0.3 is 6.03 Å². The molecular weight excluding hydrogens is 750 g/mol. The molecule has 2 heterocycles. The van der Waals surface area contributed by atoms with E-state index in [1.165, 1.54) is 21.4 Å². The van der Waals surface area contributed by atoms with Gasteiger partial charge < -0.3 is 5.32 Å². The van der Waals surface area contributed by atoms with Crippen molar-refractivity contribution < 1.29 is 9.59 Å². The van der Waals surface area contributed by atoms with Gasteiger partial charge in [-0.05, 0) is 106 Å². The number of halogens is 2. The summed E-state index contributed by atoms with van der Waals surface area (Å²) in [5, 5.41) is 8.37. The summed E-state index contributed by atoms with van der Waals surface area (Å²) >= 11 is 5.82. The molecule has 3 amide bonds. The summed E-state index contributed by atoms with van der Waals surface area (Å²) < 4.78 is 1.63. The Balaban J connectivity index is 1.55. The molecule has 0 saturated carbocycles. The third-order valence-electron chi connectivity index (χ3n) is 5.90. The first kappa shape index (κ1) is 28.0. The van der Waals surface area contributed by atoms with Gasteiger partial charge in [0.2, 0.25) is 6.41 Å². The number of aryl methyl sites for hydroxylation is 1. The average molecular weight is 772 g/mol. The summed E-state index contributed by atoms with van der Waals surface area (Å²) in [5.41, 5.74) is 4.38. The molecule has 40 heavy (non-hydrogen) atoms. The standard InChI is InChI=1S/C29H22I2N6O2S/c1-20-12-13-21(17-27(20)36(29-33-15-16-40-29)22-7-6-14-32-18-22)34-28(39)37(26-11-5-3-9-24(26)31)35(19-38)25-10-4-2-8-23(25)30/h2-19H,1H3,(H,34,39). The Hall–Kier alpha value is -3.56. The topological polar surface area (TPSA) is 81.7 Å². The largest absolute Gasteiger partial charge is 0.345 e. The molecule has 0 saturated heterocycles. The number of nitrogens with one attached hydrogen (secondary N) is 1. The number of rotatable bonds is 8. The Kier molecular flexibility index (Phi) is 8.91.